The SMILES string of the molecule is Fc1c(F)c(F)c(NCCC2CC2)c(F)c1F. The zero-order chi connectivity index (χ0) is 12.6. The summed E-state index contributed by atoms with van der Waals surface area (Å²) >= 11 is 0. The lowest BCUT2D eigenvalue weighted by molar-refractivity contribution is 0.381. The third-order valence-electron chi connectivity index (χ3n) is 2.76. The maximum atomic E-state index is 13.2. The zero-order valence-electron chi connectivity index (χ0n) is 8.80. The Labute approximate surface area is 94.6 Å². The second-order valence-electron chi connectivity index (χ2n) is 4.10. The highest BCUT2D eigenvalue weighted by Gasteiger charge is 2.26. The van der Waals surface area contributed by atoms with Crippen LogP contribution < -0.4 is 5.32 Å². The van der Waals surface area contributed by atoms with Gasteiger partial charge in [-0.05, 0) is 12.3 Å². The van der Waals surface area contributed by atoms with Crippen molar-refractivity contribution in [1.29, 1.82) is 0 Å². The highest BCUT2D eigenvalue weighted by molar-refractivity contribution is 5.47. The summed E-state index contributed by atoms with van der Waals surface area (Å²) in [4.78, 5) is 0. The average Bonchev–Trinajstić information content (AvgIpc) is 3.12. The fourth-order valence-corrected chi connectivity index (χ4v) is 1.57. The number of rotatable bonds is 4. The molecule has 1 N–H and O–H groups in total. The summed E-state index contributed by atoms with van der Waals surface area (Å²) in [6.07, 6.45) is 2.77. The Balaban J connectivity index is 2.19. The fraction of sp³-hybridized carbons (Fsp3) is 0.455. The van der Waals surface area contributed by atoms with Crippen molar-refractivity contribution >= 4 is 5.69 Å². The Morgan fingerprint density at radius 3 is 1.76 bits per heavy atom. The summed E-state index contributed by atoms with van der Waals surface area (Å²) < 4.78 is 64.6. The number of nitrogens with one attached hydrogen (secondary N) is 1. The summed E-state index contributed by atoms with van der Waals surface area (Å²) in [6.45, 7) is 0.197. The maximum absolute atomic E-state index is 13.2. The first-order valence-electron chi connectivity index (χ1n) is 5.27. The van der Waals surface area contributed by atoms with Gasteiger partial charge in [0.05, 0.1) is 0 Å². The molecule has 17 heavy (non-hydrogen) atoms. The number of hydrogen-bond donors (Lipinski definition) is 1. The predicted octanol–water partition coefficient (Wildman–Crippen LogP) is 3.59. The van der Waals surface area contributed by atoms with Crippen LogP contribution in [-0.2, 0) is 0 Å². The van der Waals surface area contributed by atoms with E-state index in [1.807, 2.05) is 0 Å². The normalized spacial score (nSPS) is 15.1. The Bertz CT molecular complexity index is 413. The third-order valence-corrected chi connectivity index (χ3v) is 2.76. The van der Waals surface area contributed by atoms with Gasteiger partial charge in [0.25, 0.3) is 0 Å². The molecule has 0 aromatic heterocycles. The Hall–Kier alpha value is -1.33. The molecular formula is C11H10F5N. The molecule has 0 bridgehead atoms. The molecule has 6 heteroatoms. The van der Waals surface area contributed by atoms with E-state index in [1.165, 1.54) is 0 Å². The lowest BCUT2D eigenvalue weighted by Gasteiger charge is -2.10. The summed E-state index contributed by atoms with van der Waals surface area (Å²) in [7, 11) is 0. The lowest BCUT2D eigenvalue weighted by Crippen LogP contribution is -2.11. The van der Waals surface area contributed by atoms with E-state index in [4.69, 9.17) is 0 Å². The zero-order valence-corrected chi connectivity index (χ0v) is 8.80. The average molecular weight is 251 g/mol. The van der Waals surface area contributed by atoms with Crippen LogP contribution in [0.4, 0.5) is 27.6 Å². The van der Waals surface area contributed by atoms with Gasteiger partial charge < -0.3 is 5.32 Å². The summed E-state index contributed by atoms with van der Waals surface area (Å²) in [6, 6.07) is 0. The van der Waals surface area contributed by atoms with Gasteiger partial charge in [-0.1, -0.05) is 12.8 Å². The largest absolute Gasteiger partial charge is 0.380 e. The molecule has 1 aromatic carbocycles. The molecule has 0 saturated heterocycles. The van der Waals surface area contributed by atoms with E-state index in [0.717, 1.165) is 12.8 Å². The molecule has 0 radical (unpaired) electrons. The van der Waals surface area contributed by atoms with Gasteiger partial charge in [-0.15, -0.1) is 0 Å². The van der Waals surface area contributed by atoms with Crippen molar-refractivity contribution in [2.75, 3.05) is 11.9 Å². The van der Waals surface area contributed by atoms with Gasteiger partial charge in [0.2, 0.25) is 5.82 Å². The minimum absolute atomic E-state index is 0.197. The van der Waals surface area contributed by atoms with Crippen LogP contribution in [0.1, 0.15) is 19.3 Å². The van der Waals surface area contributed by atoms with Gasteiger partial charge in [-0.2, -0.15) is 0 Å². The van der Waals surface area contributed by atoms with Crippen LogP contribution in [0.5, 0.6) is 0 Å². The highest BCUT2D eigenvalue weighted by Crippen LogP contribution is 2.33. The first-order valence-corrected chi connectivity index (χ1v) is 5.27. The van der Waals surface area contributed by atoms with E-state index in [0.29, 0.717) is 12.3 Å². The first-order chi connectivity index (χ1) is 8.02. The van der Waals surface area contributed by atoms with Gasteiger partial charge >= 0.3 is 0 Å². The fourth-order valence-electron chi connectivity index (χ4n) is 1.57. The molecule has 0 heterocycles. The van der Waals surface area contributed by atoms with E-state index in [9.17, 15) is 22.0 Å². The van der Waals surface area contributed by atoms with Crippen LogP contribution in [0, 0.1) is 35.0 Å². The van der Waals surface area contributed by atoms with Crippen molar-refractivity contribution < 1.29 is 22.0 Å². The van der Waals surface area contributed by atoms with Gasteiger partial charge in [0.15, 0.2) is 23.3 Å². The van der Waals surface area contributed by atoms with E-state index in [-0.39, 0.29) is 6.54 Å². The maximum Gasteiger partial charge on any atom is 0.200 e. The van der Waals surface area contributed by atoms with Crippen molar-refractivity contribution in [2.24, 2.45) is 5.92 Å². The number of halogens is 5. The van der Waals surface area contributed by atoms with Crippen molar-refractivity contribution in [3.8, 4) is 0 Å². The number of hydrogen-bond acceptors (Lipinski definition) is 1. The molecule has 1 nitrogen and oxygen atoms in total. The Morgan fingerprint density at radius 1 is 0.824 bits per heavy atom. The summed E-state index contributed by atoms with van der Waals surface area (Å²) in [5, 5.41) is 2.26. The third kappa shape index (κ3) is 2.35. The quantitative estimate of drug-likeness (QED) is 0.490. The molecule has 0 aliphatic heterocycles. The van der Waals surface area contributed by atoms with E-state index in [1.54, 1.807) is 0 Å². The van der Waals surface area contributed by atoms with Crippen LogP contribution in [-0.4, -0.2) is 6.54 Å². The van der Waals surface area contributed by atoms with Crippen LogP contribution in [0.3, 0.4) is 0 Å². The predicted molar refractivity (Wildman–Crippen MR) is 52.1 cm³/mol. The van der Waals surface area contributed by atoms with Gasteiger partial charge in [-0.25, -0.2) is 22.0 Å². The smallest absolute Gasteiger partial charge is 0.200 e. The minimum atomic E-state index is -2.13. The monoisotopic (exact) mass is 251 g/mol. The molecule has 1 aliphatic carbocycles. The molecular weight excluding hydrogens is 241 g/mol. The van der Waals surface area contributed by atoms with Crippen LogP contribution in [0.2, 0.25) is 0 Å². The number of benzene rings is 1. The molecule has 1 aliphatic rings. The van der Waals surface area contributed by atoms with Crippen LogP contribution >= 0.6 is 0 Å². The highest BCUT2D eigenvalue weighted by atomic mass is 19.2. The van der Waals surface area contributed by atoms with Crippen LogP contribution in [0.25, 0.3) is 0 Å². The molecule has 0 unspecified atom stereocenters. The topological polar surface area (TPSA) is 12.0 Å². The molecule has 1 saturated carbocycles. The molecule has 0 spiro atoms. The second-order valence-corrected chi connectivity index (χ2v) is 4.10. The standard InChI is InChI=1S/C11H10F5N/c12-6-7(13)9(15)11(10(16)8(6)14)17-4-3-5-1-2-5/h5,17H,1-4H2. The Kier molecular flexibility index (Phi) is 3.22. The van der Waals surface area contributed by atoms with E-state index < -0.39 is 34.8 Å². The van der Waals surface area contributed by atoms with Crippen molar-refractivity contribution in [3.05, 3.63) is 29.1 Å². The van der Waals surface area contributed by atoms with Crippen molar-refractivity contribution in [3.63, 3.8) is 0 Å². The van der Waals surface area contributed by atoms with E-state index in [2.05, 4.69) is 5.32 Å². The van der Waals surface area contributed by atoms with Gasteiger partial charge in [0.1, 0.15) is 5.69 Å². The van der Waals surface area contributed by atoms with Crippen molar-refractivity contribution in [1.82, 2.24) is 0 Å². The van der Waals surface area contributed by atoms with Gasteiger partial charge in [0, 0.05) is 6.54 Å². The summed E-state index contributed by atoms with van der Waals surface area (Å²) in [5.41, 5.74) is -0.943. The molecule has 0 atom stereocenters. The van der Waals surface area contributed by atoms with E-state index >= 15 is 0 Å². The Morgan fingerprint density at radius 2 is 1.29 bits per heavy atom. The molecule has 94 valence electrons. The van der Waals surface area contributed by atoms with Gasteiger partial charge in [-0.3, -0.25) is 0 Å². The van der Waals surface area contributed by atoms with Crippen LogP contribution in [0.15, 0.2) is 0 Å². The molecule has 1 aromatic rings. The summed E-state index contributed by atoms with van der Waals surface area (Å²) in [5.74, 6) is -9.08. The second kappa shape index (κ2) is 4.50. The molecule has 2 rings (SSSR count). The minimum Gasteiger partial charge on any atom is -0.380 e. The molecule has 0 amide bonds. The lowest BCUT2D eigenvalue weighted by atomic mass is 10.2. The first kappa shape index (κ1) is 12.1. The van der Waals surface area contributed by atoms with Crippen molar-refractivity contribution in [2.45, 2.75) is 19.3 Å². The molecule has 1 fully saturated rings. The number of anilines is 1.